The molecule has 0 aromatic heterocycles. The summed E-state index contributed by atoms with van der Waals surface area (Å²) in [5, 5.41) is 2.64. The molecule has 0 bridgehead atoms. The first-order valence-electron chi connectivity index (χ1n) is 3.41. The van der Waals surface area contributed by atoms with Crippen molar-refractivity contribution in [2.45, 2.75) is 18.1 Å². The molecule has 0 aromatic carbocycles. The fraction of sp³-hybridized carbons (Fsp3) is 1.00. The number of rotatable bonds is 1. The van der Waals surface area contributed by atoms with E-state index in [9.17, 15) is 8.78 Å². The second-order valence-corrected chi connectivity index (χ2v) is 3.63. The number of thioether (sulfide) groups is 1. The predicted octanol–water partition coefficient (Wildman–Crippen LogP) is 1.35. The molecule has 1 atom stereocenters. The molecule has 60 valence electrons. The van der Waals surface area contributed by atoms with Crippen LogP contribution >= 0.6 is 11.8 Å². The zero-order valence-corrected chi connectivity index (χ0v) is 6.46. The standard InChI is InChI=1S/C6H11F2NS/c7-6(8)5-1-2-9-3-4-10-5/h5-6,9H,1-4H2. The van der Waals surface area contributed by atoms with Crippen LogP contribution in [-0.2, 0) is 0 Å². The normalized spacial score (nSPS) is 28.5. The Bertz CT molecular complexity index is 91.7. The van der Waals surface area contributed by atoms with E-state index in [0.717, 1.165) is 18.8 Å². The first-order valence-corrected chi connectivity index (χ1v) is 4.46. The summed E-state index contributed by atoms with van der Waals surface area (Å²) in [4.78, 5) is 0. The van der Waals surface area contributed by atoms with E-state index >= 15 is 0 Å². The Balaban J connectivity index is 2.28. The number of alkyl halides is 2. The van der Waals surface area contributed by atoms with E-state index in [4.69, 9.17) is 0 Å². The van der Waals surface area contributed by atoms with Crippen molar-refractivity contribution in [2.75, 3.05) is 18.8 Å². The Kier molecular flexibility index (Phi) is 3.42. The number of hydrogen-bond acceptors (Lipinski definition) is 2. The maximum Gasteiger partial charge on any atom is 0.250 e. The molecule has 1 saturated heterocycles. The maximum absolute atomic E-state index is 12.1. The molecule has 0 spiro atoms. The smallest absolute Gasteiger partial charge is 0.250 e. The molecule has 1 heterocycles. The second kappa shape index (κ2) is 4.13. The molecule has 1 rings (SSSR count). The van der Waals surface area contributed by atoms with Gasteiger partial charge < -0.3 is 5.32 Å². The van der Waals surface area contributed by atoms with Gasteiger partial charge in [0.25, 0.3) is 0 Å². The fourth-order valence-corrected chi connectivity index (χ4v) is 1.93. The molecule has 4 heteroatoms. The van der Waals surface area contributed by atoms with Crippen molar-refractivity contribution in [3.05, 3.63) is 0 Å². The van der Waals surface area contributed by atoms with Crippen molar-refractivity contribution in [1.82, 2.24) is 5.32 Å². The number of halogens is 2. The molecule has 1 N–H and O–H groups in total. The first-order chi connectivity index (χ1) is 4.80. The zero-order valence-electron chi connectivity index (χ0n) is 5.65. The van der Waals surface area contributed by atoms with Crippen LogP contribution in [0.3, 0.4) is 0 Å². The van der Waals surface area contributed by atoms with E-state index in [-0.39, 0.29) is 0 Å². The van der Waals surface area contributed by atoms with Gasteiger partial charge in [-0.15, -0.1) is 0 Å². The average molecular weight is 167 g/mol. The minimum absolute atomic E-state index is 0.435. The molecule has 10 heavy (non-hydrogen) atoms. The number of hydrogen-bond donors (Lipinski definition) is 1. The molecule has 0 aliphatic carbocycles. The second-order valence-electron chi connectivity index (χ2n) is 2.28. The SMILES string of the molecule is FC(F)C1CCNCCS1. The van der Waals surface area contributed by atoms with Crippen LogP contribution in [0, 0.1) is 0 Å². The average Bonchev–Trinajstić information content (AvgIpc) is 2.12. The molecule has 1 nitrogen and oxygen atoms in total. The summed E-state index contributed by atoms with van der Waals surface area (Å²) in [7, 11) is 0. The molecule has 1 aliphatic rings. The molecule has 1 aliphatic heterocycles. The molecule has 0 radical (unpaired) electrons. The van der Waals surface area contributed by atoms with E-state index in [0.29, 0.717) is 6.42 Å². The lowest BCUT2D eigenvalue weighted by Gasteiger charge is -2.10. The predicted molar refractivity (Wildman–Crippen MR) is 39.7 cm³/mol. The third-order valence-corrected chi connectivity index (χ3v) is 2.81. The van der Waals surface area contributed by atoms with Crippen LogP contribution in [0.1, 0.15) is 6.42 Å². The third-order valence-electron chi connectivity index (χ3n) is 1.50. The molecule has 0 saturated carbocycles. The van der Waals surface area contributed by atoms with Gasteiger partial charge in [0.05, 0.1) is 5.25 Å². The maximum atomic E-state index is 12.1. The molecule has 1 fully saturated rings. The summed E-state index contributed by atoms with van der Waals surface area (Å²) in [6.45, 7) is 1.61. The molecule has 0 amide bonds. The van der Waals surface area contributed by atoms with Crippen molar-refractivity contribution < 1.29 is 8.78 Å². The summed E-state index contributed by atoms with van der Waals surface area (Å²) in [5.74, 6) is 0.814. The van der Waals surface area contributed by atoms with Gasteiger partial charge in [0.15, 0.2) is 0 Å². The van der Waals surface area contributed by atoms with Crippen LogP contribution in [0.4, 0.5) is 8.78 Å². The monoisotopic (exact) mass is 167 g/mol. The highest BCUT2D eigenvalue weighted by atomic mass is 32.2. The van der Waals surface area contributed by atoms with E-state index in [1.165, 1.54) is 11.8 Å². The summed E-state index contributed by atoms with van der Waals surface area (Å²) >= 11 is 1.38. The number of nitrogens with one attached hydrogen (secondary N) is 1. The van der Waals surface area contributed by atoms with Crippen LogP contribution in [0.15, 0.2) is 0 Å². The van der Waals surface area contributed by atoms with Gasteiger partial charge in [-0.25, -0.2) is 8.78 Å². The van der Waals surface area contributed by atoms with Gasteiger partial charge in [-0.1, -0.05) is 0 Å². The van der Waals surface area contributed by atoms with Gasteiger partial charge >= 0.3 is 0 Å². The van der Waals surface area contributed by atoms with Gasteiger partial charge in [-0.3, -0.25) is 0 Å². The third kappa shape index (κ3) is 2.42. The van der Waals surface area contributed by atoms with Gasteiger partial charge in [0, 0.05) is 12.3 Å². The van der Waals surface area contributed by atoms with Crippen LogP contribution in [0.5, 0.6) is 0 Å². The summed E-state index contributed by atoms with van der Waals surface area (Å²) in [6.07, 6.45) is -1.55. The van der Waals surface area contributed by atoms with Crippen LogP contribution in [0.2, 0.25) is 0 Å². The lowest BCUT2D eigenvalue weighted by molar-refractivity contribution is 0.142. The lowest BCUT2D eigenvalue weighted by Crippen LogP contribution is -2.18. The van der Waals surface area contributed by atoms with Crippen molar-refractivity contribution in [1.29, 1.82) is 0 Å². The Morgan fingerprint density at radius 1 is 1.40 bits per heavy atom. The van der Waals surface area contributed by atoms with Crippen molar-refractivity contribution >= 4 is 11.8 Å². The zero-order chi connectivity index (χ0) is 7.40. The van der Waals surface area contributed by atoms with E-state index < -0.39 is 11.7 Å². The van der Waals surface area contributed by atoms with E-state index in [1.807, 2.05) is 0 Å². The van der Waals surface area contributed by atoms with Crippen LogP contribution in [0.25, 0.3) is 0 Å². The van der Waals surface area contributed by atoms with Gasteiger partial charge in [-0.2, -0.15) is 11.8 Å². The van der Waals surface area contributed by atoms with Gasteiger partial charge in [0.2, 0.25) is 6.43 Å². The van der Waals surface area contributed by atoms with Crippen LogP contribution in [-0.4, -0.2) is 30.5 Å². The molecular formula is C6H11F2NS. The topological polar surface area (TPSA) is 12.0 Å². The lowest BCUT2D eigenvalue weighted by atomic mass is 10.3. The van der Waals surface area contributed by atoms with Crippen LogP contribution < -0.4 is 5.32 Å². The summed E-state index contributed by atoms with van der Waals surface area (Å²) in [5.41, 5.74) is 0. The molecular weight excluding hydrogens is 156 g/mol. The minimum atomic E-state index is -2.15. The van der Waals surface area contributed by atoms with Gasteiger partial charge in [0.1, 0.15) is 0 Å². The van der Waals surface area contributed by atoms with E-state index in [1.54, 1.807) is 0 Å². The quantitative estimate of drug-likeness (QED) is 0.632. The highest BCUT2D eigenvalue weighted by Gasteiger charge is 2.21. The fourth-order valence-electron chi connectivity index (χ4n) is 0.934. The first kappa shape index (κ1) is 8.27. The van der Waals surface area contributed by atoms with Gasteiger partial charge in [-0.05, 0) is 13.0 Å². The van der Waals surface area contributed by atoms with Crippen molar-refractivity contribution in [2.24, 2.45) is 0 Å². The Morgan fingerprint density at radius 2 is 2.20 bits per heavy atom. The highest BCUT2D eigenvalue weighted by molar-refractivity contribution is 7.99. The minimum Gasteiger partial charge on any atom is -0.316 e. The Morgan fingerprint density at radius 3 is 2.90 bits per heavy atom. The summed E-state index contributed by atoms with van der Waals surface area (Å²) < 4.78 is 24.1. The van der Waals surface area contributed by atoms with Crippen molar-refractivity contribution in [3.63, 3.8) is 0 Å². The largest absolute Gasteiger partial charge is 0.316 e. The highest BCUT2D eigenvalue weighted by Crippen LogP contribution is 2.22. The molecule has 0 aromatic rings. The summed E-state index contributed by atoms with van der Waals surface area (Å²) in [6, 6.07) is 0. The molecule has 1 unspecified atom stereocenters. The Hall–Kier alpha value is 0.170. The Labute approximate surface area is 63.6 Å². The van der Waals surface area contributed by atoms with Crippen molar-refractivity contribution in [3.8, 4) is 0 Å². The van der Waals surface area contributed by atoms with E-state index in [2.05, 4.69) is 5.32 Å².